The predicted octanol–water partition coefficient (Wildman–Crippen LogP) is 4.08. The quantitative estimate of drug-likeness (QED) is 0.568. The number of allylic oxidation sites excluding steroid dienone is 2. The molecule has 0 aliphatic heterocycles. The summed E-state index contributed by atoms with van der Waals surface area (Å²) in [6.45, 7) is 9.91. The van der Waals surface area contributed by atoms with E-state index in [4.69, 9.17) is 0 Å². The molecule has 0 fully saturated rings. The zero-order chi connectivity index (χ0) is 9.07. The molecular formula is C10H19F. The summed E-state index contributed by atoms with van der Waals surface area (Å²) in [6, 6.07) is 0. The molecule has 0 aliphatic carbocycles. The van der Waals surface area contributed by atoms with E-state index in [9.17, 15) is 4.39 Å². The van der Waals surface area contributed by atoms with Gasteiger partial charge in [0.15, 0.2) is 0 Å². The third-order valence-electron chi connectivity index (χ3n) is 1.84. The molecule has 0 atom stereocenters. The van der Waals surface area contributed by atoms with Gasteiger partial charge in [-0.3, -0.25) is 0 Å². The SMILES string of the molecule is C/C(F)=C(\C)CCC(C)(C)C. The summed E-state index contributed by atoms with van der Waals surface area (Å²) in [6.07, 6.45) is 1.94. The lowest BCUT2D eigenvalue weighted by molar-refractivity contribution is 0.375. The molecule has 1 heteroatoms. The normalized spacial score (nSPS) is 14.7. The molecule has 66 valence electrons. The summed E-state index contributed by atoms with van der Waals surface area (Å²) < 4.78 is 12.5. The van der Waals surface area contributed by atoms with Crippen molar-refractivity contribution in [1.82, 2.24) is 0 Å². The van der Waals surface area contributed by atoms with E-state index < -0.39 is 0 Å². The molecule has 0 rings (SSSR count). The fourth-order valence-corrected chi connectivity index (χ4v) is 0.735. The van der Waals surface area contributed by atoms with Crippen LogP contribution in [0.1, 0.15) is 47.5 Å². The molecule has 0 spiro atoms. The minimum absolute atomic E-state index is 0.0192. The van der Waals surface area contributed by atoms with Gasteiger partial charge in [0.1, 0.15) is 0 Å². The Balaban J connectivity index is 3.82. The molecule has 0 amide bonds. The maximum Gasteiger partial charge on any atom is 0.0957 e. The average Bonchev–Trinajstić information content (AvgIpc) is 1.80. The van der Waals surface area contributed by atoms with Crippen LogP contribution >= 0.6 is 0 Å². The van der Waals surface area contributed by atoms with Crippen molar-refractivity contribution in [3.05, 3.63) is 11.4 Å². The maximum atomic E-state index is 12.5. The summed E-state index contributed by atoms with van der Waals surface area (Å²) in [7, 11) is 0. The van der Waals surface area contributed by atoms with Gasteiger partial charge in [0.25, 0.3) is 0 Å². The van der Waals surface area contributed by atoms with Gasteiger partial charge in [-0.25, -0.2) is 4.39 Å². The van der Waals surface area contributed by atoms with Gasteiger partial charge in [0.2, 0.25) is 0 Å². The largest absolute Gasteiger partial charge is 0.212 e. The van der Waals surface area contributed by atoms with Crippen molar-refractivity contribution in [2.24, 2.45) is 5.41 Å². The Kier molecular flexibility index (Phi) is 3.77. The summed E-state index contributed by atoms with van der Waals surface area (Å²) in [5.74, 6) is -0.0192. The van der Waals surface area contributed by atoms with E-state index in [1.165, 1.54) is 6.92 Å². The van der Waals surface area contributed by atoms with Crippen LogP contribution in [0.5, 0.6) is 0 Å². The molecule has 0 aromatic heterocycles. The minimum Gasteiger partial charge on any atom is -0.212 e. The standard InChI is InChI=1S/C10H19F/c1-8(9(2)11)6-7-10(3,4)5/h6-7H2,1-5H3/b9-8-. The first-order valence-corrected chi connectivity index (χ1v) is 4.15. The van der Waals surface area contributed by atoms with Crippen molar-refractivity contribution in [2.45, 2.75) is 47.5 Å². The highest BCUT2D eigenvalue weighted by molar-refractivity contribution is 5.02. The van der Waals surface area contributed by atoms with E-state index in [2.05, 4.69) is 20.8 Å². The van der Waals surface area contributed by atoms with Gasteiger partial charge in [-0.2, -0.15) is 0 Å². The third kappa shape index (κ3) is 6.08. The first-order valence-electron chi connectivity index (χ1n) is 4.15. The predicted molar refractivity (Wildman–Crippen MR) is 48.2 cm³/mol. The molecule has 0 heterocycles. The molecule has 0 saturated heterocycles. The van der Waals surface area contributed by atoms with Crippen LogP contribution < -0.4 is 0 Å². The van der Waals surface area contributed by atoms with Gasteiger partial charge in [0, 0.05) is 0 Å². The number of hydrogen-bond donors (Lipinski definition) is 0. The van der Waals surface area contributed by atoms with Gasteiger partial charge >= 0.3 is 0 Å². The van der Waals surface area contributed by atoms with Crippen LogP contribution in [0.3, 0.4) is 0 Å². The van der Waals surface area contributed by atoms with Gasteiger partial charge in [-0.05, 0) is 37.7 Å². The highest BCUT2D eigenvalue weighted by atomic mass is 19.1. The van der Waals surface area contributed by atoms with E-state index >= 15 is 0 Å². The topological polar surface area (TPSA) is 0 Å². The Hall–Kier alpha value is -0.330. The van der Waals surface area contributed by atoms with Gasteiger partial charge < -0.3 is 0 Å². The average molecular weight is 158 g/mol. The van der Waals surface area contributed by atoms with Crippen molar-refractivity contribution < 1.29 is 4.39 Å². The number of hydrogen-bond acceptors (Lipinski definition) is 0. The number of halogens is 1. The lowest BCUT2D eigenvalue weighted by atomic mass is 9.89. The Morgan fingerprint density at radius 1 is 1.18 bits per heavy atom. The van der Waals surface area contributed by atoms with Gasteiger partial charge in [0.05, 0.1) is 5.83 Å². The smallest absolute Gasteiger partial charge is 0.0957 e. The van der Waals surface area contributed by atoms with Crippen molar-refractivity contribution >= 4 is 0 Å². The lowest BCUT2D eigenvalue weighted by Crippen LogP contribution is -2.04. The van der Waals surface area contributed by atoms with Crippen molar-refractivity contribution in [3.8, 4) is 0 Å². The minimum atomic E-state index is -0.0192. The Morgan fingerprint density at radius 3 is 1.91 bits per heavy atom. The van der Waals surface area contributed by atoms with Gasteiger partial charge in [-0.15, -0.1) is 0 Å². The highest BCUT2D eigenvalue weighted by Crippen LogP contribution is 2.24. The fraction of sp³-hybridized carbons (Fsp3) is 0.800. The van der Waals surface area contributed by atoms with Crippen LogP contribution in [0.25, 0.3) is 0 Å². The Morgan fingerprint density at radius 2 is 1.64 bits per heavy atom. The molecule has 11 heavy (non-hydrogen) atoms. The number of rotatable bonds is 2. The first kappa shape index (κ1) is 10.7. The molecule has 0 saturated carbocycles. The van der Waals surface area contributed by atoms with Crippen molar-refractivity contribution in [3.63, 3.8) is 0 Å². The Bertz CT molecular complexity index is 145. The highest BCUT2D eigenvalue weighted by Gasteiger charge is 2.10. The lowest BCUT2D eigenvalue weighted by Gasteiger charge is -2.17. The molecule has 0 bridgehead atoms. The second-order valence-electron chi connectivity index (χ2n) is 4.37. The first-order chi connectivity index (χ1) is 4.83. The van der Waals surface area contributed by atoms with E-state index in [1.807, 2.05) is 6.92 Å². The van der Waals surface area contributed by atoms with Crippen molar-refractivity contribution in [2.75, 3.05) is 0 Å². The monoisotopic (exact) mass is 158 g/mol. The van der Waals surface area contributed by atoms with Gasteiger partial charge in [-0.1, -0.05) is 20.8 Å². The summed E-state index contributed by atoms with van der Waals surface area (Å²) in [5.41, 5.74) is 1.21. The second-order valence-corrected chi connectivity index (χ2v) is 4.37. The van der Waals surface area contributed by atoms with Crippen LogP contribution in [-0.4, -0.2) is 0 Å². The molecule has 0 radical (unpaired) electrons. The van der Waals surface area contributed by atoms with E-state index in [1.54, 1.807) is 0 Å². The van der Waals surface area contributed by atoms with Crippen LogP contribution in [0.2, 0.25) is 0 Å². The zero-order valence-electron chi connectivity index (χ0n) is 8.29. The third-order valence-corrected chi connectivity index (χ3v) is 1.84. The van der Waals surface area contributed by atoms with E-state index in [-0.39, 0.29) is 5.83 Å². The summed E-state index contributed by atoms with van der Waals surface area (Å²) in [5, 5.41) is 0. The molecule has 0 aliphatic rings. The fourth-order valence-electron chi connectivity index (χ4n) is 0.735. The molecule has 0 N–H and O–H groups in total. The van der Waals surface area contributed by atoms with Crippen molar-refractivity contribution in [1.29, 1.82) is 0 Å². The Labute approximate surface area is 69.5 Å². The molecule has 0 unspecified atom stereocenters. The molecule has 0 nitrogen and oxygen atoms in total. The summed E-state index contributed by atoms with van der Waals surface area (Å²) in [4.78, 5) is 0. The van der Waals surface area contributed by atoms with Crippen LogP contribution in [0.4, 0.5) is 4.39 Å². The zero-order valence-corrected chi connectivity index (χ0v) is 8.29. The summed E-state index contributed by atoms with van der Waals surface area (Å²) >= 11 is 0. The van der Waals surface area contributed by atoms with Crippen LogP contribution in [0, 0.1) is 5.41 Å². The second kappa shape index (κ2) is 3.89. The van der Waals surface area contributed by atoms with Crippen LogP contribution in [0.15, 0.2) is 11.4 Å². The maximum absolute atomic E-state index is 12.5. The van der Waals surface area contributed by atoms with E-state index in [0.717, 1.165) is 18.4 Å². The van der Waals surface area contributed by atoms with E-state index in [0.29, 0.717) is 5.41 Å². The molecular weight excluding hydrogens is 139 g/mol. The molecule has 0 aromatic rings. The molecule has 0 aromatic carbocycles. The van der Waals surface area contributed by atoms with Crippen LogP contribution in [-0.2, 0) is 0 Å².